The maximum atomic E-state index is 6.52. The smallest absolute Gasteiger partial charge is 0.160 e. The first kappa shape index (κ1) is 25.8. The van der Waals surface area contributed by atoms with Crippen molar-refractivity contribution >= 4 is 40.1 Å². The van der Waals surface area contributed by atoms with E-state index < -0.39 is 4.96 Å². The molecule has 37 heavy (non-hydrogen) atoms. The second-order valence-electron chi connectivity index (χ2n) is 9.39. The van der Waals surface area contributed by atoms with Gasteiger partial charge in [-0.05, 0) is 58.2 Å². The van der Waals surface area contributed by atoms with Crippen LogP contribution >= 0.6 is 23.2 Å². The number of rotatable bonds is 9. The highest BCUT2D eigenvalue weighted by Gasteiger charge is 2.33. The molecular formula is C32H31Cl2NO2. The van der Waals surface area contributed by atoms with Crippen molar-refractivity contribution in [3.8, 4) is 5.75 Å². The van der Waals surface area contributed by atoms with E-state index in [1.54, 1.807) is 0 Å². The van der Waals surface area contributed by atoms with Crippen molar-refractivity contribution in [3.05, 3.63) is 120 Å². The normalized spacial score (nSPS) is 18.6. The molecule has 1 aliphatic heterocycles. The summed E-state index contributed by atoms with van der Waals surface area (Å²) in [5, 5.41) is 2.46. The van der Waals surface area contributed by atoms with Gasteiger partial charge in [0.05, 0.1) is 12.7 Å². The largest absolute Gasteiger partial charge is 0.490 e. The quantitative estimate of drug-likeness (QED) is 0.161. The SMILES string of the molecule is ClC(Cl)N1CCC(c2ccc(OCC=Cc3ccccc3)cc2)C(OCc2ccc3ccccc3c2)C1. The summed E-state index contributed by atoms with van der Waals surface area (Å²) >= 11 is 12.5. The lowest BCUT2D eigenvalue weighted by Crippen LogP contribution is -2.45. The minimum absolute atomic E-state index is 0.0132. The Hall–Kier alpha value is -2.82. The van der Waals surface area contributed by atoms with Crippen molar-refractivity contribution in [2.45, 2.75) is 30.0 Å². The van der Waals surface area contributed by atoms with Gasteiger partial charge in [-0.1, -0.05) is 108 Å². The molecular weight excluding hydrogens is 501 g/mol. The number of likely N-dealkylation sites (tertiary alicyclic amines) is 1. The highest BCUT2D eigenvalue weighted by atomic mass is 35.5. The molecule has 0 N–H and O–H groups in total. The number of hydrogen-bond acceptors (Lipinski definition) is 3. The maximum absolute atomic E-state index is 6.52. The number of benzene rings is 4. The second kappa shape index (κ2) is 12.6. The number of alkyl halides is 2. The van der Waals surface area contributed by atoms with E-state index in [0.717, 1.165) is 24.3 Å². The van der Waals surface area contributed by atoms with Crippen molar-refractivity contribution in [3.63, 3.8) is 0 Å². The number of fused-ring (bicyclic) bond motifs is 1. The number of nitrogens with zero attached hydrogens (tertiary/aromatic N) is 1. The van der Waals surface area contributed by atoms with Crippen LogP contribution in [0.15, 0.2) is 103 Å². The van der Waals surface area contributed by atoms with Crippen LogP contribution in [0.3, 0.4) is 0 Å². The van der Waals surface area contributed by atoms with Gasteiger partial charge >= 0.3 is 0 Å². The van der Waals surface area contributed by atoms with Crippen molar-refractivity contribution in [1.29, 1.82) is 0 Å². The van der Waals surface area contributed by atoms with Gasteiger partial charge in [-0.25, -0.2) is 0 Å². The Morgan fingerprint density at radius 2 is 1.62 bits per heavy atom. The Kier molecular flexibility index (Phi) is 8.80. The molecule has 1 fully saturated rings. The first-order valence-electron chi connectivity index (χ1n) is 12.7. The topological polar surface area (TPSA) is 21.7 Å². The third kappa shape index (κ3) is 6.94. The molecule has 0 aromatic heterocycles. The predicted molar refractivity (Wildman–Crippen MR) is 154 cm³/mol. The van der Waals surface area contributed by atoms with E-state index in [-0.39, 0.29) is 12.0 Å². The summed E-state index contributed by atoms with van der Waals surface area (Å²) in [5.41, 5.74) is 3.57. The number of halogens is 2. The molecule has 2 atom stereocenters. The van der Waals surface area contributed by atoms with Gasteiger partial charge in [0.1, 0.15) is 12.4 Å². The van der Waals surface area contributed by atoms with Crippen LogP contribution in [-0.4, -0.2) is 35.7 Å². The summed E-state index contributed by atoms with van der Waals surface area (Å²) in [6.45, 7) is 2.60. The van der Waals surface area contributed by atoms with Crippen molar-refractivity contribution in [2.24, 2.45) is 0 Å². The Balaban J connectivity index is 1.23. The molecule has 0 amide bonds. The van der Waals surface area contributed by atoms with Crippen LogP contribution < -0.4 is 4.74 Å². The highest BCUT2D eigenvalue weighted by Crippen LogP contribution is 2.34. The molecule has 4 aromatic carbocycles. The van der Waals surface area contributed by atoms with E-state index in [4.69, 9.17) is 32.7 Å². The number of hydrogen-bond donors (Lipinski definition) is 0. The first-order chi connectivity index (χ1) is 18.2. The minimum atomic E-state index is -0.535. The Bertz CT molecular complexity index is 1310. The van der Waals surface area contributed by atoms with E-state index in [2.05, 4.69) is 77.7 Å². The van der Waals surface area contributed by atoms with E-state index in [1.165, 1.54) is 21.9 Å². The van der Waals surface area contributed by atoms with E-state index in [0.29, 0.717) is 19.8 Å². The number of ether oxygens (including phenoxy) is 2. The van der Waals surface area contributed by atoms with Gasteiger partial charge in [0.15, 0.2) is 4.96 Å². The third-order valence-electron chi connectivity index (χ3n) is 6.91. The highest BCUT2D eigenvalue weighted by molar-refractivity contribution is 6.43. The molecule has 2 unspecified atom stereocenters. The fourth-order valence-corrected chi connectivity index (χ4v) is 5.26. The van der Waals surface area contributed by atoms with Crippen LogP contribution in [0.25, 0.3) is 16.8 Å². The average Bonchev–Trinajstić information content (AvgIpc) is 2.95. The molecule has 3 nitrogen and oxygen atoms in total. The summed E-state index contributed by atoms with van der Waals surface area (Å²) in [5.74, 6) is 1.12. The Labute approximate surface area is 229 Å². The zero-order valence-electron chi connectivity index (χ0n) is 20.7. The van der Waals surface area contributed by atoms with Gasteiger partial charge < -0.3 is 9.47 Å². The molecule has 190 valence electrons. The van der Waals surface area contributed by atoms with Crippen LogP contribution in [0.2, 0.25) is 0 Å². The molecule has 0 radical (unpaired) electrons. The molecule has 5 rings (SSSR count). The summed E-state index contributed by atoms with van der Waals surface area (Å²) in [6, 6.07) is 33.5. The maximum Gasteiger partial charge on any atom is 0.160 e. The van der Waals surface area contributed by atoms with Crippen LogP contribution in [-0.2, 0) is 11.3 Å². The van der Waals surface area contributed by atoms with Crippen molar-refractivity contribution < 1.29 is 9.47 Å². The first-order valence-corrected chi connectivity index (χ1v) is 13.6. The number of piperidine rings is 1. The van der Waals surface area contributed by atoms with Crippen LogP contribution in [0.4, 0.5) is 0 Å². The van der Waals surface area contributed by atoms with Crippen molar-refractivity contribution in [1.82, 2.24) is 4.90 Å². The van der Waals surface area contributed by atoms with E-state index in [1.807, 2.05) is 36.4 Å². The lowest BCUT2D eigenvalue weighted by Gasteiger charge is -2.39. The van der Waals surface area contributed by atoms with Crippen LogP contribution in [0.5, 0.6) is 5.75 Å². The third-order valence-corrected chi connectivity index (χ3v) is 7.46. The lowest BCUT2D eigenvalue weighted by molar-refractivity contribution is -0.0226. The zero-order chi connectivity index (χ0) is 25.5. The summed E-state index contributed by atoms with van der Waals surface area (Å²) in [4.78, 5) is 1.54. The molecule has 0 spiro atoms. The van der Waals surface area contributed by atoms with Gasteiger partial charge in [-0.15, -0.1) is 0 Å². The predicted octanol–water partition coefficient (Wildman–Crippen LogP) is 8.07. The monoisotopic (exact) mass is 531 g/mol. The van der Waals surface area contributed by atoms with Crippen molar-refractivity contribution in [2.75, 3.05) is 19.7 Å². The van der Waals surface area contributed by atoms with Gasteiger partial charge in [0, 0.05) is 19.0 Å². The zero-order valence-corrected chi connectivity index (χ0v) is 22.2. The van der Waals surface area contributed by atoms with Gasteiger partial charge in [0.25, 0.3) is 0 Å². The Morgan fingerprint density at radius 1 is 0.865 bits per heavy atom. The molecule has 5 heteroatoms. The molecule has 1 aliphatic rings. The summed E-state index contributed by atoms with van der Waals surface area (Å²) in [7, 11) is 0. The molecule has 1 saturated heterocycles. The van der Waals surface area contributed by atoms with Gasteiger partial charge in [-0.3, -0.25) is 4.90 Å². The molecule has 4 aromatic rings. The lowest BCUT2D eigenvalue weighted by atomic mass is 9.87. The van der Waals surface area contributed by atoms with E-state index >= 15 is 0 Å². The van der Waals surface area contributed by atoms with Gasteiger partial charge in [-0.2, -0.15) is 0 Å². The standard InChI is InChI=1S/C32H31Cl2NO2/c33-32(34)35-19-18-30(31(22-35)37-23-25-12-13-26-10-4-5-11-28(26)21-25)27-14-16-29(17-15-27)36-20-6-9-24-7-2-1-3-8-24/h1-17,21,30-32H,18-20,22-23H2. The molecule has 1 heterocycles. The minimum Gasteiger partial charge on any atom is -0.490 e. The van der Waals surface area contributed by atoms with Crippen LogP contribution in [0, 0.1) is 0 Å². The Morgan fingerprint density at radius 3 is 2.41 bits per heavy atom. The second-order valence-corrected chi connectivity index (χ2v) is 10.4. The molecule has 0 aliphatic carbocycles. The molecule has 0 saturated carbocycles. The molecule has 0 bridgehead atoms. The summed E-state index contributed by atoms with van der Waals surface area (Å²) in [6.07, 6.45) is 5.02. The van der Waals surface area contributed by atoms with Crippen LogP contribution in [0.1, 0.15) is 29.0 Å². The summed E-state index contributed by atoms with van der Waals surface area (Å²) < 4.78 is 12.4. The fourth-order valence-electron chi connectivity index (χ4n) is 4.90. The average molecular weight is 533 g/mol. The fraction of sp³-hybridized carbons (Fsp3) is 0.250. The van der Waals surface area contributed by atoms with E-state index in [9.17, 15) is 0 Å². The van der Waals surface area contributed by atoms with Gasteiger partial charge in [0.2, 0.25) is 0 Å².